The molecule has 0 radical (unpaired) electrons. The number of fused-ring (bicyclic) bond motifs is 2. The van der Waals surface area contributed by atoms with Crippen LogP contribution in [0.3, 0.4) is 0 Å². The van der Waals surface area contributed by atoms with E-state index in [1.807, 2.05) is 0 Å². The van der Waals surface area contributed by atoms with E-state index in [0.29, 0.717) is 0 Å². The summed E-state index contributed by atoms with van der Waals surface area (Å²) in [6.07, 6.45) is 2.38. The minimum absolute atomic E-state index is 0.0666. The number of Topliss-reactive ketones (excluding diaryl/α,β-unsaturated/α-hetero) is 2. The van der Waals surface area contributed by atoms with Crippen LogP contribution in [0.15, 0.2) is 80.3 Å². The average Bonchev–Trinajstić information content (AvgIpc) is 2.98. The molecule has 8 heteroatoms. The number of allylic oxidation sites excluding steroid dienone is 4. The second-order valence-electron chi connectivity index (χ2n) is 6.58. The third kappa shape index (κ3) is 2.52. The molecule has 0 unspecified atom stereocenters. The van der Waals surface area contributed by atoms with Crippen molar-refractivity contribution in [1.29, 1.82) is 0 Å². The van der Waals surface area contributed by atoms with E-state index in [0.717, 1.165) is 0 Å². The number of hydrogen-bond acceptors (Lipinski definition) is 6. The van der Waals surface area contributed by atoms with Crippen LogP contribution in [0.5, 0.6) is 0 Å². The molecule has 0 N–H and O–H groups in total. The van der Waals surface area contributed by atoms with Gasteiger partial charge >= 0.3 is 0 Å². The van der Waals surface area contributed by atoms with Gasteiger partial charge in [-0.1, -0.05) is 43.3 Å². The summed E-state index contributed by atoms with van der Waals surface area (Å²) < 4.78 is 50.6. The molecular weight excluding hydrogens is 400 g/mol. The normalized spacial score (nSPS) is 23.0. The van der Waals surface area contributed by atoms with Crippen LogP contribution < -0.4 is 0 Å². The summed E-state index contributed by atoms with van der Waals surface area (Å²) in [5.41, 5.74) is 0.177. The summed E-state index contributed by atoms with van der Waals surface area (Å²) in [4.78, 5) is 24.1. The molecule has 0 spiro atoms. The van der Waals surface area contributed by atoms with Crippen LogP contribution in [-0.2, 0) is 19.7 Å². The van der Waals surface area contributed by atoms with Crippen molar-refractivity contribution in [3.05, 3.63) is 81.6 Å². The zero-order valence-electron chi connectivity index (χ0n) is 14.6. The Labute approximate surface area is 162 Å². The molecule has 0 aliphatic carbocycles. The van der Waals surface area contributed by atoms with Gasteiger partial charge in [0.25, 0.3) is 0 Å². The van der Waals surface area contributed by atoms with E-state index in [1.54, 1.807) is 12.1 Å². The minimum Gasteiger partial charge on any atom is -0.288 e. The van der Waals surface area contributed by atoms with Crippen LogP contribution in [0.4, 0.5) is 0 Å². The van der Waals surface area contributed by atoms with E-state index in [9.17, 15) is 26.4 Å². The molecule has 28 heavy (non-hydrogen) atoms. The lowest BCUT2D eigenvalue weighted by atomic mass is 10.1. The van der Waals surface area contributed by atoms with Gasteiger partial charge in [-0.2, -0.15) is 0 Å². The summed E-state index contributed by atoms with van der Waals surface area (Å²) in [5, 5.41) is 0. The molecule has 4 rings (SSSR count). The number of benzene rings is 2. The molecule has 142 valence electrons. The Morgan fingerprint density at radius 1 is 0.679 bits per heavy atom. The van der Waals surface area contributed by atoms with Gasteiger partial charge < -0.3 is 0 Å². The third-order valence-corrected chi connectivity index (χ3v) is 8.37. The summed E-state index contributed by atoms with van der Waals surface area (Å²) in [6.45, 7) is 1.53. The summed E-state index contributed by atoms with van der Waals surface area (Å²) in [7, 11) is -7.94. The fraction of sp³-hybridized carbons (Fsp3) is 0.100. The van der Waals surface area contributed by atoms with E-state index in [4.69, 9.17) is 0 Å². The van der Waals surface area contributed by atoms with Crippen molar-refractivity contribution in [2.24, 2.45) is 5.92 Å². The van der Waals surface area contributed by atoms with Gasteiger partial charge in [-0.3, -0.25) is 9.59 Å². The lowest BCUT2D eigenvalue weighted by Gasteiger charge is -2.04. The van der Waals surface area contributed by atoms with Crippen molar-refractivity contribution in [3.63, 3.8) is 0 Å². The molecule has 2 aromatic carbocycles. The quantitative estimate of drug-likeness (QED) is 0.700. The molecule has 2 aliphatic heterocycles. The fourth-order valence-corrected chi connectivity index (χ4v) is 6.77. The SMILES string of the molecule is CC(C=C1C(=O)c2ccccc2S1(=O)=O)C=C1C(=O)c2ccccc2S1(=O)=O. The second-order valence-corrected chi connectivity index (χ2v) is 10.4. The topological polar surface area (TPSA) is 102 Å². The van der Waals surface area contributed by atoms with Crippen molar-refractivity contribution in [2.75, 3.05) is 0 Å². The maximum absolute atomic E-state index is 12.6. The Morgan fingerprint density at radius 3 is 1.39 bits per heavy atom. The molecule has 0 atom stereocenters. The number of ketones is 2. The monoisotopic (exact) mass is 414 g/mol. The van der Waals surface area contributed by atoms with Crippen LogP contribution in [-0.4, -0.2) is 28.4 Å². The van der Waals surface area contributed by atoms with E-state index >= 15 is 0 Å². The van der Waals surface area contributed by atoms with Crippen LogP contribution in [0.1, 0.15) is 27.6 Å². The molecule has 0 fully saturated rings. The van der Waals surface area contributed by atoms with Gasteiger partial charge in [0.05, 0.1) is 9.79 Å². The molecular formula is C20H14O6S2. The molecule has 6 nitrogen and oxygen atoms in total. The van der Waals surface area contributed by atoms with Gasteiger partial charge in [-0.05, 0) is 30.2 Å². The van der Waals surface area contributed by atoms with Crippen LogP contribution >= 0.6 is 0 Å². The fourth-order valence-electron chi connectivity index (χ4n) is 3.38. The number of carbonyl (C=O) groups excluding carboxylic acids is 2. The highest BCUT2D eigenvalue weighted by Crippen LogP contribution is 2.37. The Balaban J connectivity index is 1.78. The molecule has 2 heterocycles. The minimum atomic E-state index is -3.97. The number of sulfone groups is 2. The largest absolute Gasteiger partial charge is 0.288 e. The summed E-state index contributed by atoms with van der Waals surface area (Å²) in [5.74, 6) is -2.04. The van der Waals surface area contributed by atoms with Gasteiger partial charge in [-0.25, -0.2) is 16.8 Å². The van der Waals surface area contributed by atoms with Crippen molar-refractivity contribution >= 4 is 31.2 Å². The maximum Gasteiger partial charge on any atom is 0.210 e. The van der Waals surface area contributed by atoms with Gasteiger partial charge in [-0.15, -0.1) is 0 Å². The molecule has 0 bridgehead atoms. The highest BCUT2D eigenvalue weighted by atomic mass is 32.2. The van der Waals surface area contributed by atoms with E-state index in [2.05, 4.69) is 0 Å². The predicted molar refractivity (Wildman–Crippen MR) is 101 cm³/mol. The third-order valence-electron chi connectivity index (χ3n) is 4.70. The van der Waals surface area contributed by atoms with Crippen molar-refractivity contribution in [2.45, 2.75) is 16.7 Å². The van der Waals surface area contributed by atoms with Gasteiger partial charge in [0, 0.05) is 11.1 Å². The summed E-state index contributed by atoms with van der Waals surface area (Å²) >= 11 is 0. The summed E-state index contributed by atoms with van der Waals surface area (Å²) in [6, 6.07) is 11.8. The second kappa shape index (κ2) is 6.08. The molecule has 2 aromatic rings. The Kier molecular flexibility index (Phi) is 4.02. The average molecular weight is 414 g/mol. The zero-order chi connectivity index (χ0) is 20.3. The van der Waals surface area contributed by atoms with Crippen LogP contribution in [0.25, 0.3) is 0 Å². The number of rotatable bonds is 2. The Bertz CT molecular complexity index is 1220. The zero-order valence-corrected chi connectivity index (χ0v) is 16.2. The molecule has 0 saturated heterocycles. The molecule has 0 saturated carbocycles. The maximum atomic E-state index is 12.6. The smallest absolute Gasteiger partial charge is 0.210 e. The van der Waals surface area contributed by atoms with Gasteiger partial charge in [0.15, 0.2) is 0 Å². The van der Waals surface area contributed by atoms with Crippen molar-refractivity contribution < 1.29 is 26.4 Å². The Hall–Kier alpha value is -2.84. The molecule has 0 aromatic heterocycles. The predicted octanol–water partition coefficient (Wildman–Crippen LogP) is 2.73. The highest BCUT2D eigenvalue weighted by molar-refractivity contribution is 7.97. The van der Waals surface area contributed by atoms with Crippen molar-refractivity contribution in [3.8, 4) is 0 Å². The first kappa shape index (κ1) is 18.5. The van der Waals surface area contributed by atoms with E-state index < -0.39 is 47.0 Å². The van der Waals surface area contributed by atoms with E-state index in [-0.39, 0.29) is 20.9 Å². The lowest BCUT2D eigenvalue weighted by molar-refractivity contribution is 0.103. The van der Waals surface area contributed by atoms with Crippen LogP contribution in [0.2, 0.25) is 0 Å². The lowest BCUT2D eigenvalue weighted by Crippen LogP contribution is -2.07. The number of hydrogen-bond donors (Lipinski definition) is 0. The molecule has 2 aliphatic rings. The number of carbonyl (C=O) groups is 2. The first-order valence-corrected chi connectivity index (χ1v) is 11.3. The van der Waals surface area contributed by atoms with Crippen molar-refractivity contribution in [1.82, 2.24) is 0 Å². The first-order chi connectivity index (χ1) is 13.2. The van der Waals surface area contributed by atoms with Crippen LogP contribution in [0, 0.1) is 5.92 Å². The standard InChI is InChI=1S/C20H14O6S2/c1-12(10-17-19(21)13-6-2-4-8-15(13)27(17,23)24)11-18-20(22)14-7-3-5-9-16(14)28(18,25)26/h2-12H,1H3. The molecule has 0 amide bonds. The Morgan fingerprint density at radius 2 is 1.04 bits per heavy atom. The van der Waals surface area contributed by atoms with Gasteiger partial charge in [0.1, 0.15) is 9.81 Å². The van der Waals surface area contributed by atoms with Gasteiger partial charge in [0.2, 0.25) is 31.2 Å². The van der Waals surface area contributed by atoms with E-state index in [1.165, 1.54) is 55.5 Å². The highest BCUT2D eigenvalue weighted by Gasteiger charge is 2.41. The first-order valence-electron chi connectivity index (χ1n) is 8.37.